The molecule has 0 unspecified atom stereocenters. The Bertz CT molecular complexity index is 1120. The van der Waals surface area contributed by atoms with E-state index in [1.807, 2.05) is 0 Å². The summed E-state index contributed by atoms with van der Waals surface area (Å²) in [6, 6.07) is 12.3. The van der Waals surface area contributed by atoms with Crippen LogP contribution in [0, 0.1) is 5.82 Å². The van der Waals surface area contributed by atoms with Crippen molar-refractivity contribution in [2.45, 2.75) is 6.61 Å². The van der Waals surface area contributed by atoms with Crippen molar-refractivity contribution < 1.29 is 24.1 Å². The number of halogens is 3. The third-order valence-corrected chi connectivity index (χ3v) is 4.55. The molecule has 1 amide bonds. The SMILES string of the molecule is O=C(N/N=C/c1cc(Cl)ccc1OCc1ccc(F)cc1Cl)c1cc(O)ccc1O. The van der Waals surface area contributed by atoms with Crippen LogP contribution in [0.4, 0.5) is 4.39 Å². The summed E-state index contributed by atoms with van der Waals surface area (Å²) in [6.45, 7) is 0.0745. The van der Waals surface area contributed by atoms with Crippen molar-refractivity contribution in [3.63, 3.8) is 0 Å². The van der Waals surface area contributed by atoms with Gasteiger partial charge in [0.25, 0.3) is 5.91 Å². The maximum Gasteiger partial charge on any atom is 0.275 e. The highest BCUT2D eigenvalue weighted by Gasteiger charge is 2.11. The van der Waals surface area contributed by atoms with Crippen LogP contribution in [0.15, 0.2) is 59.7 Å². The molecule has 0 spiro atoms. The molecule has 0 aliphatic carbocycles. The summed E-state index contributed by atoms with van der Waals surface area (Å²) in [5, 5.41) is 23.7. The molecule has 30 heavy (non-hydrogen) atoms. The Morgan fingerprint density at radius 2 is 1.90 bits per heavy atom. The molecule has 3 aromatic carbocycles. The fraction of sp³-hybridized carbons (Fsp3) is 0.0476. The highest BCUT2D eigenvalue weighted by atomic mass is 35.5. The van der Waals surface area contributed by atoms with Crippen molar-refractivity contribution in [1.82, 2.24) is 5.43 Å². The topological polar surface area (TPSA) is 91.2 Å². The van der Waals surface area contributed by atoms with Crippen LogP contribution in [0.25, 0.3) is 0 Å². The van der Waals surface area contributed by atoms with Crippen LogP contribution in [0.2, 0.25) is 10.0 Å². The van der Waals surface area contributed by atoms with Gasteiger partial charge in [0.15, 0.2) is 0 Å². The predicted molar refractivity (Wildman–Crippen MR) is 112 cm³/mol. The summed E-state index contributed by atoms with van der Waals surface area (Å²) >= 11 is 12.0. The standard InChI is InChI=1S/C21H15Cl2FN2O4/c22-14-2-6-20(30-11-12-1-3-15(24)8-18(12)23)13(7-14)10-25-26-21(29)17-9-16(27)4-5-19(17)28/h1-10,27-28H,11H2,(H,26,29)/b25-10+. The largest absolute Gasteiger partial charge is 0.508 e. The normalized spacial score (nSPS) is 10.9. The summed E-state index contributed by atoms with van der Waals surface area (Å²) in [5.74, 6) is -1.24. The second-order valence-electron chi connectivity index (χ2n) is 6.11. The third-order valence-electron chi connectivity index (χ3n) is 3.96. The van der Waals surface area contributed by atoms with Crippen molar-refractivity contribution in [3.8, 4) is 17.2 Å². The highest BCUT2D eigenvalue weighted by Crippen LogP contribution is 2.25. The average Bonchev–Trinajstić information content (AvgIpc) is 2.70. The Balaban J connectivity index is 1.73. The van der Waals surface area contributed by atoms with Crippen molar-refractivity contribution in [1.29, 1.82) is 0 Å². The Hall–Kier alpha value is -3.29. The zero-order chi connectivity index (χ0) is 21.7. The molecule has 3 aromatic rings. The maximum absolute atomic E-state index is 13.2. The van der Waals surface area contributed by atoms with Gasteiger partial charge < -0.3 is 14.9 Å². The predicted octanol–water partition coefficient (Wildman–Crippen LogP) is 4.89. The number of ether oxygens (including phenoxy) is 1. The molecule has 0 aromatic heterocycles. The molecule has 0 saturated carbocycles. The van der Waals surface area contributed by atoms with Gasteiger partial charge in [0, 0.05) is 16.1 Å². The lowest BCUT2D eigenvalue weighted by Crippen LogP contribution is -2.17. The monoisotopic (exact) mass is 448 g/mol. The molecule has 3 N–H and O–H groups in total. The number of phenols is 2. The van der Waals surface area contributed by atoms with E-state index in [0.717, 1.165) is 6.07 Å². The number of amides is 1. The summed E-state index contributed by atoms with van der Waals surface area (Å²) in [7, 11) is 0. The van der Waals surface area contributed by atoms with E-state index in [1.54, 1.807) is 18.2 Å². The lowest BCUT2D eigenvalue weighted by Gasteiger charge is -2.11. The minimum absolute atomic E-state index is 0.0745. The Morgan fingerprint density at radius 1 is 1.10 bits per heavy atom. The molecule has 0 aliphatic rings. The molecule has 6 nitrogen and oxygen atoms in total. The van der Waals surface area contributed by atoms with E-state index < -0.39 is 11.7 Å². The minimum Gasteiger partial charge on any atom is -0.508 e. The number of rotatable bonds is 6. The maximum atomic E-state index is 13.2. The van der Waals surface area contributed by atoms with E-state index in [9.17, 15) is 19.4 Å². The zero-order valence-corrected chi connectivity index (χ0v) is 16.8. The van der Waals surface area contributed by atoms with Gasteiger partial charge in [0.2, 0.25) is 0 Å². The number of nitrogens with one attached hydrogen (secondary N) is 1. The number of hydrazone groups is 1. The van der Waals surface area contributed by atoms with Crippen LogP contribution >= 0.6 is 23.2 Å². The molecule has 0 bridgehead atoms. The number of aromatic hydroxyl groups is 2. The molecule has 0 saturated heterocycles. The van der Waals surface area contributed by atoms with Gasteiger partial charge in [-0.1, -0.05) is 29.3 Å². The van der Waals surface area contributed by atoms with Crippen molar-refractivity contribution in [2.75, 3.05) is 0 Å². The van der Waals surface area contributed by atoms with E-state index in [1.165, 1.54) is 36.5 Å². The molecule has 3 rings (SSSR count). The van der Waals surface area contributed by atoms with Gasteiger partial charge in [0.05, 0.1) is 16.8 Å². The Labute approximate surface area is 181 Å². The van der Waals surface area contributed by atoms with Gasteiger partial charge in [-0.15, -0.1) is 0 Å². The van der Waals surface area contributed by atoms with Gasteiger partial charge in [0.1, 0.15) is 29.7 Å². The van der Waals surface area contributed by atoms with Crippen LogP contribution in [-0.2, 0) is 6.61 Å². The third kappa shape index (κ3) is 5.40. The molecule has 0 radical (unpaired) electrons. The molecule has 0 atom stereocenters. The molecule has 9 heteroatoms. The second kappa shape index (κ2) is 9.47. The number of hydrogen-bond acceptors (Lipinski definition) is 5. The Morgan fingerprint density at radius 3 is 2.67 bits per heavy atom. The quantitative estimate of drug-likeness (QED) is 0.284. The van der Waals surface area contributed by atoms with Gasteiger partial charge in [-0.3, -0.25) is 4.79 Å². The van der Waals surface area contributed by atoms with Crippen LogP contribution in [0.5, 0.6) is 17.2 Å². The molecule has 154 valence electrons. The number of hydrogen-bond donors (Lipinski definition) is 3. The molecule has 0 heterocycles. The first-order chi connectivity index (χ1) is 14.3. The smallest absolute Gasteiger partial charge is 0.275 e. The lowest BCUT2D eigenvalue weighted by atomic mass is 10.2. The summed E-state index contributed by atoms with van der Waals surface area (Å²) in [5.41, 5.74) is 3.16. The molecular weight excluding hydrogens is 434 g/mol. The van der Waals surface area contributed by atoms with E-state index in [-0.39, 0.29) is 28.7 Å². The first-order valence-corrected chi connectivity index (χ1v) is 9.31. The van der Waals surface area contributed by atoms with Gasteiger partial charge >= 0.3 is 0 Å². The first kappa shape index (κ1) is 21.4. The minimum atomic E-state index is -0.720. The summed E-state index contributed by atoms with van der Waals surface area (Å²) < 4.78 is 18.9. The molecule has 0 aliphatic heterocycles. The van der Waals surface area contributed by atoms with Crippen LogP contribution in [0.3, 0.4) is 0 Å². The van der Waals surface area contributed by atoms with Gasteiger partial charge in [-0.2, -0.15) is 5.10 Å². The number of carbonyl (C=O) groups excluding carboxylic acids is 1. The number of benzene rings is 3. The second-order valence-corrected chi connectivity index (χ2v) is 6.95. The first-order valence-electron chi connectivity index (χ1n) is 8.55. The van der Waals surface area contributed by atoms with Crippen molar-refractivity contribution in [2.24, 2.45) is 5.10 Å². The van der Waals surface area contributed by atoms with Crippen LogP contribution in [0.1, 0.15) is 21.5 Å². The number of phenolic OH excluding ortho intramolecular Hbond substituents is 2. The zero-order valence-electron chi connectivity index (χ0n) is 15.3. The Kier molecular flexibility index (Phi) is 6.76. The summed E-state index contributed by atoms with van der Waals surface area (Å²) in [4.78, 5) is 12.1. The van der Waals surface area contributed by atoms with Crippen molar-refractivity contribution >= 4 is 35.3 Å². The van der Waals surface area contributed by atoms with E-state index in [2.05, 4.69) is 10.5 Å². The van der Waals surface area contributed by atoms with Crippen LogP contribution in [-0.4, -0.2) is 22.3 Å². The number of nitrogens with zero attached hydrogens (tertiary/aromatic N) is 1. The number of carbonyl (C=O) groups is 1. The fourth-order valence-electron chi connectivity index (χ4n) is 2.47. The molecule has 0 fully saturated rings. The van der Waals surface area contributed by atoms with Gasteiger partial charge in [-0.05, 0) is 48.5 Å². The van der Waals surface area contributed by atoms with E-state index >= 15 is 0 Å². The fourth-order valence-corrected chi connectivity index (χ4v) is 2.87. The summed E-state index contributed by atoms with van der Waals surface area (Å²) in [6.07, 6.45) is 1.31. The van der Waals surface area contributed by atoms with Crippen LogP contribution < -0.4 is 10.2 Å². The molecular formula is C21H15Cl2FN2O4. The average molecular weight is 449 g/mol. The van der Waals surface area contributed by atoms with E-state index in [0.29, 0.717) is 21.9 Å². The van der Waals surface area contributed by atoms with E-state index in [4.69, 9.17) is 27.9 Å². The van der Waals surface area contributed by atoms with Crippen molar-refractivity contribution in [3.05, 3.63) is 87.2 Å². The lowest BCUT2D eigenvalue weighted by molar-refractivity contribution is 0.0952. The van der Waals surface area contributed by atoms with Gasteiger partial charge in [-0.25, -0.2) is 9.82 Å². The highest BCUT2D eigenvalue weighted by molar-refractivity contribution is 6.31.